The average Bonchev–Trinajstić information content (AvgIpc) is 2.07. The highest BCUT2D eigenvalue weighted by molar-refractivity contribution is 5.19. The van der Waals surface area contributed by atoms with E-state index in [1.165, 1.54) is 5.56 Å². The molecule has 1 nitrogen and oxygen atoms in total. The van der Waals surface area contributed by atoms with Crippen LogP contribution in [0.2, 0.25) is 0 Å². The topological polar surface area (TPSA) is 12.9 Å². The Morgan fingerprint density at radius 3 is 2.73 bits per heavy atom. The van der Waals surface area contributed by atoms with Gasteiger partial charge in [0, 0.05) is 18.3 Å². The van der Waals surface area contributed by atoms with Crippen molar-refractivity contribution < 1.29 is 0 Å². The van der Waals surface area contributed by atoms with Crippen LogP contribution in [0.1, 0.15) is 18.4 Å². The quantitative estimate of drug-likeness (QED) is 0.583. The number of pyridine rings is 1. The summed E-state index contributed by atoms with van der Waals surface area (Å²) in [5.41, 5.74) is 4.02. The Balaban J connectivity index is 2.84. The number of aromatic nitrogens is 1. The van der Waals surface area contributed by atoms with Crippen molar-refractivity contribution in [3.8, 4) is 0 Å². The van der Waals surface area contributed by atoms with Crippen LogP contribution in [-0.2, 0) is 0 Å². The van der Waals surface area contributed by atoms with E-state index in [1.54, 1.807) is 12.4 Å². The normalized spacial score (nSPS) is 11.7. The van der Waals surface area contributed by atoms with Crippen LogP contribution in [0.25, 0.3) is 0 Å². The first kappa shape index (κ1) is 7.77. The van der Waals surface area contributed by atoms with E-state index in [9.17, 15) is 0 Å². The predicted octanol–water partition coefficient (Wildman–Crippen LogP) is 2.53. The Labute approximate surface area is 67.1 Å². The summed E-state index contributed by atoms with van der Waals surface area (Å²) in [5, 5.41) is 0. The second kappa shape index (κ2) is 3.75. The van der Waals surface area contributed by atoms with Gasteiger partial charge < -0.3 is 0 Å². The molecule has 0 saturated heterocycles. The highest BCUT2D eigenvalue weighted by atomic mass is 14.6. The molecule has 0 aliphatic heterocycles. The van der Waals surface area contributed by atoms with E-state index in [2.05, 4.69) is 24.2 Å². The van der Waals surface area contributed by atoms with Crippen molar-refractivity contribution >= 4 is 0 Å². The minimum absolute atomic E-state index is 0.385. The Morgan fingerprint density at radius 1 is 1.55 bits per heavy atom. The van der Waals surface area contributed by atoms with Crippen molar-refractivity contribution in [2.24, 2.45) is 0 Å². The first-order valence-corrected chi connectivity index (χ1v) is 3.60. The molecule has 1 heteroatoms. The van der Waals surface area contributed by atoms with Crippen molar-refractivity contribution in [1.82, 2.24) is 4.98 Å². The molecule has 1 atom stereocenters. The van der Waals surface area contributed by atoms with Gasteiger partial charge in [-0.1, -0.05) is 13.5 Å². The number of hydrogen-bond acceptors (Lipinski definition) is 1. The summed E-state index contributed by atoms with van der Waals surface area (Å²) in [5.74, 6) is 0.385. The summed E-state index contributed by atoms with van der Waals surface area (Å²) in [6.45, 7) is 5.63. The Kier molecular flexibility index (Phi) is 2.65. The van der Waals surface area contributed by atoms with Crippen LogP contribution in [-0.4, -0.2) is 4.98 Å². The molecule has 0 amide bonds. The summed E-state index contributed by atoms with van der Waals surface area (Å²) in [6.07, 6.45) is 5.53. The molecule has 1 rings (SSSR count). The third-order valence-corrected chi connectivity index (χ3v) is 1.60. The summed E-state index contributed by atoms with van der Waals surface area (Å²) >= 11 is 0. The molecule has 1 aromatic heterocycles. The average molecular weight is 145 g/mol. The molecule has 1 heterocycles. The Morgan fingerprint density at radius 2 is 2.18 bits per heavy atom. The fourth-order valence-corrected chi connectivity index (χ4v) is 0.940. The van der Waals surface area contributed by atoms with Gasteiger partial charge in [0.05, 0.1) is 0 Å². The second-order valence-electron chi connectivity index (χ2n) is 2.44. The standard InChI is InChI=1S/C10H11N/c1-3-4-9(2)10-5-7-11-8-6-10/h4-9H,1H2,2H3. The van der Waals surface area contributed by atoms with Gasteiger partial charge in [-0.05, 0) is 23.8 Å². The van der Waals surface area contributed by atoms with Crippen molar-refractivity contribution in [2.45, 2.75) is 12.8 Å². The molecular weight excluding hydrogens is 134 g/mol. The lowest BCUT2D eigenvalue weighted by Gasteiger charge is -2.02. The van der Waals surface area contributed by atoms with Gasteiger partial charge in [-0.3, -0.25) is 4.98 Å². The lowest BCUT2D eigenvalue weighted by Crippen LogP contribution is -1.87. The highest BCUT2D eigenvalue weighted by Crippen LogP contribution is 2.13. The number of nitrogens with zero attached hydrogens (tertiary/aromatic N) is 1. The van der Waals surface area contributed by atoms with E-state index < -0.39 is 0 Å². The van der Waals surface area contributed by atoms with Crippen LogP contribution < -0.4 is 0 Å². The van der Waals surface area contributed by atoms with Crippen LogP contribution in [0.15, 0.2) is 42.9 Å². The maximum absolute atomic E-state index is 3.94. The van der Waals surface area contributed by atoms with Gasteiger partial charge in [0.25, 0.3) is 0 Å². The maximum atomic E-state index is 3.94. The summed E-state index contributed by atoms with van der Waals surface area (Å²) in [7, 11) is 0. The third kappa shape index (κ3) is 2.06. The van der Waals surface area contributed by atoms with Gasteiger partial charge in [-0.2, -0.15) is 0 Å². The van der Waals surface area contributed by atoms with Gasteiger partial charge in [-0.25, -0.2) is 0 Å². The molecule has 1 unspecified atom stereocenters. The monoisotopic (exact) mass is 145 g/mol. The van der Waals surface area contributed by atoms with Crippen molar-refractivity contribution in [1.29, 1.82) is 0 Å². The lowest BCUT2D eigenvalue weighted by atomic mass is 10.0. The fourth-order valence-electron chi connectivity index (χ4n) is 0.940. The van der Waals surface area contributed by atoms with Crippen LogP contribution in [0, 0.1) is 0 Å². The van der Waals surface area contributed by atoms with Crippen molar-refractivity contribution in [3.63, 3.8) is 0 Å². The SMILES string of the molecule is C=C=CC(C)c1ccncc1. The number of allylic oxidation sites excluding steroid dienone is 1. The zero-order valence-corrected chi connectivity index (χ0v) is 6.62. The van der Waals surface area contributed by atoms with Gasteiger partial charge in [0.15, 0.2) is 0 Å². The molecule has 0 spiro atoms. The number of hydrogen-bond donors (Lipinski definition) is 0. The minimum Gasteiger partial charge on any atom is -0.265 e. The van der Waals surface area contributed by atoms with Gasteiger partial charge in [0.1, 0.15) is 0 Å². The highest BCUT2D eigenvalue weighted by Gasteiger charge is 1.97. The fraction of sp³-hybridized carbons (Fsp3) is 0.200. The molecule has 1 aromatic rings. The van der Waals surface area contributed by atoms with Crippen LogP contribution >= 0.6 is 0 Å². The second-order valence-corrected chi connectivity index (χ2v) is 2.44. The molecule has 0 aliphatic carbocycles. The maximum Gasteiger partial charge on any atom is 0.0270 e. The minimum atomic E-state index is 0.385. The van der Waals surface area contributed by atoms with Gasteiger partial charge >= 0.3 is 0 Å². The molecule has 0 bridgehead atoms. The zero-order chi connectivity index (χ0) is 8.10. The Hall–Kier alpha value is -1.33. The van der Waals surface area contributed by atoms with Gasteiger partial charge in [-0.15, -0.1) is 5.73 Å². The molecule has 0 fully saturated rings. The first-order chi connectivity index (χ1) is 5.34. The Bertz CT molecular complexity index is 257. The predicted molar refractivity (Wildman–Crippen MR) is 46.4 cm³/mol. The molecule has 0 N–H and O–H groups in total. The molecule has 11 heavy (non-hydrogen) atoms. The first-order valence-electron chi connectivity index (χ1n) is 3.60. The van der Waals surface area contributed by atoms with Gasteiger partial charge in [0.2, 0.25) is 0 Å². The van der Waals surface area contributed by atoms with E-state index in [4.69, 9.17) is 0 Å². The van der Waals surface area contributed by atoms with Crippen LogP contribution in [0.3, 0.4) is 0 Å². The lowest BCUT2D eigenvalue weighted by molar-refractivity contribution is 0.963. The molecular formula is C10H11N. The van der Waals surface area contributed by atoms with E-state index in [0.29, 0.717) is 5.92 Å². The molecule has 0 aliphatic rings. The van der Waals surface area contributed by atoms with E-state index in [-0.39, 0.29) is 0 Å². The number of rotatable bonds is 2. The summed E-state index contributed by atoms with van der Waals surface area (Å²) in [4.78, 5) is 3.94. The van der Waals surface area contributed by atoms with E-state index >= 15 is 0 Å². The summed E-state index contributed by atoms with van der Waals surface area (Å²) in [6, 6.07) is 4.00. The van der Waals surface area contributed by atoms with Crippen LogP contribution in [0.5, 0.6) is 0 Å². The van der Waals surface area contributed by atoms with Crippen LogP contribution in [0.4, 0.5) is 0 Å². The molecule has 56 valence electrons. The van der Waals surface area contributed by atoms with E-state index in [0.717, 1.165) is 0 Å². The molecule has 0 aromatic carbocycles. The third-order valence-electron chi connectivity index (χ3n) is 1.60. The smallest absolute Gasteiger partial charge is 0.0270 e. The van der Waals surface area contributed by atoms with Crippen molar-refractivity contribution in [3.05, 3.63) is 48.5 Å². The van der Waals surface area contributed by atoms with Crippen molar-refractivity contribution in [2.75, 3.05) is 0 Å². The zero-order valence-electron chi connectivity index (χ0n) is 6.62. The largest absolute Gasteiger partial charge is 0.265 e. The van der Waals surface area contributed by atoms with E-state index in [1.807, 2.05) is 18.2 Å². The molecule has 0 saturated carbocycles. The molecule has 0 radical (unpaired) electrons. The summed E-state index contributed by atoms with van der Waals surface area (Å²) < 4.78 is 0.